The predicted molar refractivity (Wildman–Crippen MR) is 56.1 cm³/mol. The van der Waals surface area contributed by atoms with Crippen LogP contribution >= 0.6 is 11.8 Å². The Labute approximate surface area is 86.1 Å². The molecular weight excluding hydrogens is 201 g/mol. The minimum atomic E-state index is -0.271. The van der Waals surface area contributed by atoms with Crippen LogP contribution in [0.4, 0.5) is 10.1 Å². The Balaban J connectivity index is 2.20. The Morgan fingerprint density at radius 3 is 2.64 bits per heavy atom. The summed E-state index contributed by atoms with van der Waals surface area (Å²) in [4.78, 5) is 13.2. The molecule has 1 saturated heterocycles. The molecule has 74 valence electrons. The zero-order chi connectivity index (χ0) is 9.97. The zero-order valence-electron chi connectivity index (χ0n) is 7.57. The lowest BCUT2D eigenvalue weighted by atomic mass is 10.2. The molecule has 1 aliphatic heterocycles. The molecule has 1 aromatic rings. The number of rotatable bonds is 1. The third-order valence-corrected chi connectivity index (χ3v) is 3.05. The van der Waals surface area contributed by atoms with Gasteiger partial charge in [0.15, 0.2) is 0 Å². The second kappa shape index (κ2) is 4.00. The van der Waals surface area contributed by atoms with Gasteiger partial charge in [0.25, 0.3) is 0 Å². The number of anilines is 1. The molecule has 2 rings (SSSR count). The number of amides is 1. The van der Waals surface area contributed by atoms with Crippen molar-refractivity contribution in [2.75, 3.05) is 23.0 Å². The molecule has 0 radical (unpaired) electrons. The van der Waals surface area contributed by atoms with Gasteiger partial charge in [0.05, 0.1) is 5.75 Å². The van der Waals surface area contributed by atoms with Gasteiger partial charge in [-0.3, -0.25) is 4.79 Å². The van der Waals surface area contributed by atoms with Gasteiger partial charge in [0.2, 0.25) is 5.91 Å². The van der Waals surface area contributed by atoms with Crippen LogP contribution in [0.3, 0.4) is 0 Å². The van der Waals surface area contributed by atoms with Crippen molar-refractivity contribution in [3.63, 3.8) is 0 Å². The number of thioether (sulfide) groups is 1. The van der Waals surface area contributed by atoms with Crippen molar-refractivity contribution in [2.45, 2.75) is 0 Å². The zero-order valence-corrected chi connectivity index (χ0v) is 8.39. The molecule has 1 amide bonds. The number of nitrogens with zero attached hydrogens (tertiary/aromatic N) is 1. The summed E-state index contributed by atoms with van der Waals surface area (Å²) in [5.41, 5.74) is 0.789. The van der Waals surface area contributed by atoms with Gasteiger partial charge in [-0.05, 0) is 24.3 Å². The van der Waals surface area contributed by atoms with Gasteiger partial charge in [-0.1, -0.05) is 0 Å². The highest BCUT2D eigenvalue weighted by molar-refractivity contribution is 8.00. The Hall–Kier alpha value is -1.03. The molecule has 2 nitrogen and oxygen atoms in total. The predicted octanol–water partition coefficient (Wildman–Crippen LogP) is 1.91. The highest BCUT2D eigenvalue weighted by atomic mass is 32.2. The van der Waals surface area contributed by atoms with Gasteiger partial charge in [0, 0.05) is 18.0 Å². The molecule has 1 fully saturated rings. The molecule has 0 N–H and O–H groups in total. The maximum Gasteiger partial charge on any atom is 0.237 e. The van der Waals surface area contributed by atoms with Gasteiger partial charge in [0.1, 0.15) is 5.82 Å². The largest absolute Gasteiger partial charge is 0.311 e. The highest BCUT2D eigenvalue weighted by Gasteiger charge is 2.19. The maximum absolute atomic E-state index is 12.6. The molecule has 0 atom stereocenters. The van der Waals surface area contributed by atoms with Crippen LogP contribution in [-0.2, 0) is 4.79 Å². The van der Waals surface area contributed by atoms with Crippen molar-refractivity contribution < 1.29 is 9.18 Å². The third kappa shape index (κ3) is 1.90. The van der Waals surface area contributed by atoms with E-state index in [4.69, 9.17) is 0 Å². The van der Waals surface area contributed by atoms with E-state index >= 15 is 0 Å². The minimum absolute atomic E-state index is 0.104. The Morgan fingerprint density at radius 2 is 2.00 bits per heavy atom. The molecule has 0 saturated carbocycles. The molecule has 0 aromatic heterocycles. The second-order valence-corrected chi connectivity index (χ2v) is 4.18. The van der Waals surface area contributed by atoms with Crippen molar-refractivity contribution in [1.29, 1.82) is 0 Å². The van der Waals surface area contributed by atoms with E-state index in [-0.39, 0.29) is 11.7 Å². The van der Waals surface area contributed by atoms with Crippen molar-refractivity contribution in [3.8, 4) is 0 Å². The molecule has 14 heavy (non-hydrogen) atoms. The monoisotopic (exact) mass is 211 g/mol. The summed E-state index contributed by atoms with van der Waals surface area (Å²) in [5.74, 6) is 1.31. The molecule has 0 bridgehead atoms. The van der Waals surface area contributed by atoms with E-state index in [9.17, 15) is 9.18 Å². The van der Waals surface area contributed by atoms with E-state index < -0.39 is 0 Å². The van der Waals surface area contributed by atoms with Gasteiger partial charge in [-0.15, -0.1) is 0 Å². The van der Waals surface area contributed by atoms with Gasteiger partial charge in [-0.2, -0.15) is 11.8 Å². The highest BCUT2D eigenvalue weighted by Crippen LogP contribution is 2.20. The van der Waals surface area contributed by atoms with E-state index in [0.717, 1.165) is 18.0 Å². The molecular formula is C10H10FNOS. The first kappa shape index (κ1) is 9.52. The number of benzene rings is 1. The summed E-state index contributed by atoms with van der Waals surface area (Å²) in [6, 6.07) is 6.04. The van der Waals surface area contributed by atoms with Crippen molar-refractivity contribution >= 4 is 23.4 Å². The van der Waals surface area contributed by atoms with Crippen LogP contribution in [0.15, 0.2) is 24.3 Å². The number of hydrogen-bond donors (Lipinski definition) is 0. The fourth-order valence-electron chi connectivity index (χ4n) is 1.41. The normalized spacial score (nSPS) is 17.2. The molecule has 0 aliphatic carbocycles. The lowest BCUT2D eigenvalue weighted by Gasteiger charge is -2.26. The van der Waals surface area contributed by atoms with E-state index in [1.807, 2.05) is 0 Å². The number of hydrogen-bond acceptors (Lipinski definition) is 2. The van der Waals surface area contributed by atoms with Crippen LogP contribution in [0.2, 0.25) is 0 Å². The molecule has 1 heterocycles. The summed E-state index contributed by atoms with van der Waals surface area (Å²) in [6.45, 7) is 0.717. The molecule has 0 spiro atoms. The average molecular weight is 211 g/mol. The van der Waals surface area contributed by atoms with Crippen molar-refractivity contribution in [2.24, 2.45) is 0 Å². The smallest absolute Gasteiger partial charge is 0.237 e. The van der Waals surface area contributed by atoms with Crippen LogP contribution in [-0.4, -0.2) is 24.0 Å². The maximum atomic E-state index is 12.6. The van der Waals surface area contributed by atoms with E-state index in [1.165, 1.54) is 12.1 Å². The van der Waals surface area contributed by atoms with E-state index in [1.54, 1.807) is 28.8 Å². The van der Waals surface area contributed by atoms with E-state index in [2.05, 4.69) is 0 Å². The molecule has 0 unspecified atom stereocenters. The average Bonchev–Trinajstić information content (AvgIpc) is 2.20. The fourth-order valence-corrected chi connectivity index (χ4v) is 2.20. The Kier molecular flexibility index (Phi) is 2.72. The first-order valence-corrected chi connectivity index (χ1v) is 5.56. The van der Waals surface area contributed by atoms with Gasteiger partial charge < -0.3 is 4.90 Å². The topological polar surface area (TPSA) is 20.3 Å². The summed E-state index contributed by atoms with van der Waals surface area (Å²) in [5, 5.41) is 0. The Morgan fingerprint density at radius 1 is 1.29 bits per heavy atom. The van der Waals surface area contributed by atoms with Crippen molar-refractivity contribution in [3.05, 3.63) is 30.1 Å². The van der Waals surface area contributed by atoms with Crippen LogP contribution in [0.5, 0.6) is 0 Å². The summed E-state index contributed by atoms with van der Waals surface area (Å²) in [6.07, 6.45) is 0. The van der Waals surface area contributed by atoms with Crippen LogP contribution in [0.1, 0.15) is 0 Å². The van der Waals surface area contributed by atoms with Crippen LogP contribution in [0.25, 0.3) is 0 Å². The van der Waals surface area contributed by atoms with Crippen LogP contribution in [0, 0.1) is 5.82 Å². The fraction of sp³-hybridized carbons (Fsp3) is 0.300. The second-order valence-electron chi connectivity index (χ2n) is 3.07. The third-order valence-electron chi connectivity index (χ3n) is 2.12. The van der Waals surface area contributed by atoms with E-state index in [0.29, 0.717) is 5.75 Å². The standard InChI is InChI=1S/C10H10FNOS/c11-8-1-3-9(4-2-8)12-5-6-14-7-10(12)13/h1-4H,5-7H2. The Bertz CT molecular complexity index is 338. The molecule has 1 aromatic carbocycles. The number of carbonyl (C=O) groups excluding carboxylic acids is 1. The SMILES string of the molecule is O=C1CSCCN1c1ccc(F)cc1. The minimum Gasteiger partial charge on any atom is -0.311 e. The lowest BCUT2D eigenvalue weighted by molar-refractivity contribution is -0.116. The van der Waals surface area contributed by atoms with Crippen LogP contribution < -0.4 is 4.90 Å². The molecule has 1 aliphatic rings. The molecule has 4 heteroatoms. The summed E-state index contributed by atoms with van der Waals surface area (Å²) >= 11 is 1.64. The first-order valence-electron chi connectivity index (χ1n) is 4.41. The summed E-state index contributed by atoms with van der Waals surface area (Å²) < 4.78 is 12.6. The number of halogens is 1. The van der Waals surface area contributed by atoms with Crippen molar-refractivity contribution in [1.82, 2.24) is 0 Å². The first-order chi connectivity index (χ1) is 6.77. The quantitative estimate of drug-likeness (QED) is 0.707. The van der Waals surface area contributed by atoms with Gasteiger partial charge >= 0.3 is 0 Å². The number of carbonyl (C=O) groups is 1. The lowest BCUT2D eigenvalue weighted by Crippen LogP contribution is -2.38. The van der Waals surface area contributed by atoms with Gasteiger partial charge in [-0.25, -0.2) is 4.39 Å². The summed E-state index contributed by atoms with van der Waals surface area (Å²) in [7, 11) is 0.